The summed E-state index contributed by atoms with van der Waals surface area (Å²) in [5.41, 5.74) is 41.0. The first-order valence-corrected chi connectivity index (χ1v) is 39.1. The number of hydrogen-bond acceptors (Lipinski definition) is 23. The molecule has 10 heterocycles. The number of hydrogen-bond donors (Lipinski definition) is 7. The molecule has 12 N–H and O–H groups in total. The van der Waals surface area contributed by atoms with E-state index in [-0.39, 0.29) is 106 Å². The quantitative estimate of drug-likeness (QED) is 0.0303. The van der Waals surface area contributed by atoms with Crippen molar-refractivity contribution in [3.05, 3.63) is 339 Å². The van der Waals surface area contributed by atoms with E-state index in [0.29, 0.717) is 84.4 Å². The van der Waals surface area contributed by atoms with Gasteiger partial charge >= 0.3 is 28.4 Å². The molecule has 0 aliphatic heterocycles. The van der Waals surface area contributed by atoms with Gasteiger partial charge < -0.3 is 44.0 Å². The van der Waals surface area contributed by atoms with E-state index in [1.54, 1.807) is 37.5 Å². The van der Waals surface area contributed by atoms with Gasteiger partial charge in [0.15, 0.2) is 29.1 Å². The number of aliphatic hydroxyl groups excluding tert-OH is 1. The molecule has 0 spiro atoms. The maximum Gasteiger partial charge on any atom is 0.351 e. The molecular weight excluding hydrogens is 1640 g/mol. The van der Waals surface area contributed by atoms with E-state index < -0.39 is 35.5 Å². The van der Waals surface area contributed by atoms with Gasteiger partial charge in [-0.05, 0) is 132 Å². The van der Waals surface area contributed by atoms with Crippen molar-refractivity contribution in [2.45, 2.75) is 60.1 Å². The molecule has 10 aromatic carbocycles. The highest BCUT2D eigenvalue weighted by molar-refractivity contribution is 5.90. The second-order valence-electron chi connectivity index (χ2n) is 29.5. The van der Waals surface area contributed by atoms with E-state index in [2.05, 4.69) is 60.7 Å². The summed E-state index contributed by atoms with van der Waals surface area (Å²) in [6.07, 6.45) is 1.72. The molecule has 0 unspecified atom stereocenters. The van der Waals surface area contributed by atoms with E-state index in [1.807, 2.05) is 172 Å². The minimum absolute atomic E-state index is 0.0129. The molecular formula is C88H76F4N28O7. The number of nitrogen functional groups attached to an aromatic ring is 5. The number of nitrogens with two attached hydrogens (primary N) is 5. The number of halogens is 4. The monoisotopic (exact) mass is 1710 g/mol. The molecule has 39 heteroatoms. The largest absolute Gasteiger partial charge is 0.392 e. The van der Waals surface area contributed by atoms with Crippen molar-refractivity contribution >= 4 is 136 Å². The molecule has 0 radical (unpaired) electrons. The number of nitrogens with zero attached hydrogens (tertiary/aromatic N) is 22. The molecule has 1 amide bonds. The Bertz CT molecular complexity index is 8080. The number of aryl methyl sites for hydroxylation is 2. The smallest absolute Gasteiger partial charge is 0.351 e. The predicted octanol–water partition coefficient (Wildman–Crippen LogP) is 9.22. The van der Waals surface area contributed by atoms with E-state index in [1.165, 1.54) is 85.7 Å². The second kappa shape index (κ2) is 34.8. The van der Waals surface area contributed by atoms with Crippen molar-refractivity contribution < 1.29 is 27.5 Å². The van der Waals surface area contributed by atoms with E-state index in [9.17, 15) is 51.4 Å². The Hall–Kier alpha value is -17.1. The van der Waals surface area contributed by atoms with Gasteiger partial charge in [0, 0.05) is 44.4 Å². The number of carbonyl (C=O) groups excluding carboxylic acids is 1. The number of carbonyl (C=O) groups is 1. The lowest BCUT2D eigenvalue weighted by Gasteiger charge is -2.08. The average molecular weight is 1710 g/mol. The highest BCUT2D eigenvalue weighted by Crippen LogP contribution is 2.27. The van der Waals surface area contributed by atoms with Gasteiger partial charge in [-0.25, -0.2) is 117 Å². The SMILES string of the molecule is CC(=O)Nc1ccccc1Cn1nc2c(N)nc3ccccc3n2c1=O.CN(C)C=Nc1ccccc1Cn1nc2c(N)nc3ccccc3n2c1=O.Cc1cc(F)c(Cn2nc3c(N)nc4ccc(F)cc4n3c2=O)c(F)c1.Cc1ccc(Cn2nc3c(N)nc4ccc(F)cc4n3c2=O)cc1.Nc1nc2ccccc2n2c(=O)n(Cc3ccccc3CO)nc12. The first-order valence-electron chi connectivity index (χ1n) is 39.1. The summed E-state index contributed by atoms with van der Waals surface area (Å²) in [5, 5.41) is 33.6. The molecule has 10 aromatic heterocycles. The van der Waals surface area contributed by atoms with Gasteiger partial charge in [0.1, 0.15) is 23.3 Å². The molecule has 35 nitrogen and oxygen atoms in total. The third kappa shape index (κ3) is 16.8. The van der Waals surface area contributed by atoms with Crippen LogP contribution in [0.25, 0.3) is 83.4 Å². The zero-order chi connectivity index (χ0) is 89.3. The highest BCUT2D eigenvalue weighted by atomic mass is 19.1. The molecule has 0 saturated carbocycles. The Balaban J connectivity index is 0.000000117. The van der Waals surface area contributed by atoms with Crippen LogP contribution in [0.3, 0.4) is 0 Å². The number of aliphatic imine (C=N–C) groups is 1. The van der Waals surface area contributed by atoms with Crippen LogP contribution in [0.1, 0.15) is 51.4 Å². The van der Waals surface area contributed by atoms with Crippen molar-refractivity contribution in [3.8, 4) is 0 Å². The molecule has 0 bridgehead atoms. The number of anilines is 6. The predicted molar refractivity (Wildman–Crippen MR) is 475 cm³/mol. The number of benzene rings is 10. The van der Waals surface area contributed by atoms with E-state index in [4.69, 9.17) is 28.7 Å². The maximum absolute atomic E-state index is 14.1. The van der Waals surface area contributed by atoms with Gasteiger partial charge in [-0.3, -0.25) is 4.79 Å². The molecule has 20 aromatic rings. The molecule has 0 fully saturated rings. The Morgan fingerprint density at radius 3 is 1.15 bits per heavy atom. The molecule has 0 aliphatic rings. The fourth-order valence-corrected chi connectivity index (χ4v) is 14.3. The highest BCUT2D eigenvalue weighted by Gasteiger charge is 2.24. The van der Waals surface area contributed by atoms with Crippen molar-refractivity contribution in [1.82, 2.24) is 101 Å². The van der Waals surface area contributed by atoms with Crippen molar-refractivity contribution in [1.29, 1.82) is 0 Å². The number of amides is 1. The minimum atomic E-state index is -0.784. The zero-order valence-corrected chi connectivity index (χ0v) is 68.2. The number of aliphatic hydroxyl groups is 1. The van der Waals surface area contributed by atoms with Crippen LogP contribution in [-0.2, 0) is 44.1 Å². The van der Waals surface area contributed by atoms with Crippen LogP contribution in [0.4, 0.5) is 58.0 Å². The van der Waals surface area contributed by atoms with Crippen LogP contribution < -0.4 is 62.4 Å². The normalized spacial score (nSPS) is 11.4. The lowest BCUT2D eigenvalue weighted by atomic mass is 10.1. The van der Waals surface area contributed by atoms with Crippen molar-refractivity contribution in [3.63, 3.8) is 0 Å². The summed E-state index contributed by atoms with van der Waals surface area (Å²) >= 11 is 0. The van der Waals surface area contributed by atoms with Crippen LogP contribution in [0.5, 0.6) is 0 Å². The average Bonchev–Trinajstić information content (AvgIpc) is 1.59. The molecule has 0 saturated heterocycles. The van der Waals surface area contributed by atoms with Gasteiger partial charge in [0.2, 0.25) is 34.1 Å². The first-order chi connectivity index (χ1) is 61.1. The number of nitrogens with one attached hydrogen (secondary N) is 1. The lowest BCUT2D eigenvalue weighted by molar-refractivity contribution is -0.114. The van der Waals surface area contributed by atoms with Gasteiger partial charge in [-0.15, -0.1) is 25.5 Å². The Kier molecular flexibility index (Phi) is 22.9. The first kappa shape index (κ1) is 83.5. The summed E-state index contributed by atoms with van der Waals surface area (Å²) in [6, 6.07) is 62.1. The maximum atomic E-state index is 14.1. The third-order valence-electron chi connectivity index (χ3n) is 20.3. The number of para-hydroxylation sites is 8. The van der Waals surface area contributed by atoms with Gasteiger partial charge in [0.05, 0.1) is 107 Å². The van der Waals surface area contributed by atoms with Gasteiger partial charge in [-0.2, -0.15) is 0 Å². The summed E-state index contributed by atoms with van der Waals surface area (Å²) in [7, 11) is 3.80. The molecule has 638 valence electrons. The molecule has 0 atom stereocenters. The Labute approximate surface area is 712 Å². The third-order valence-corrected chi connectivity index (χ3v) is 20.3. The fourth-order valence-electron chi connectivity index (χ4n) is 14.3. The summed E-state index contributed by atoms with van der Waals surface area (Å²) in [4.78, 5) is 103. The van der Waals surface area contributed by atoms with Crippen LogP contribution in [-0.4, -0.2) is 132 Å². The van der Waals surface area contributed by atoms with Crippen LogP contribution in [0, 0.1) is 37.1 Å². The molecule has 127 heavy (non-hydrogen) atoms. The summed E-state index contributed by atoms with van der Waals surface area (Å²) in [5.74, 6) is -2.06. The van der Waals surface area contributed by atoms with Gasteiger partial charge in [-0.1, -0.05) is 127 Å². The van der Waals surface area contributed by atoms with Gasteiger partial charge in [0.25, 0.3) is 0 Å². The van der Waals surface area contributed by atoms with E-state index in [0.717, 1.165) is 54.2 Å². The van der Waals surface area contributed by atoms with Crippen molar-refractivity contribution in [2.75, 3.05) is 48.1 Å². The number of rotatable bonds is 14. The molecule has 20 rings (SSSR count). The molecule has 0 aliphatic carbocycles. The second-order valence-corrected chi connectivity index (χ2v) is 29.5. The minimum Gasteiger partial charge on any atom is -0.392 e. The standard InChI is InChI=1S/C19H19N7O.C18H16N6O2.C17H12F3N5O.C17H14FN5O.C17H15N5O2/c1-24(2)12-21-14-8-4-3-7-13(14)11-25-19(27)26-16-10-6-5-9-15(16)22-17(20)18(26)23-25;1-11(25)20-13-7-3-2-6-12(13)10-23-18(26)24-15-9-5-4-8-14(15)21-16(19)17(24)22-23;1-8-4-11(19)10(12(20)5-8)7-24-17(26)25-14-6-9(18)2-3-13(14)22-15(21)16(25)23-24;1-10-2-4-11(5-3-10)9-22-17(24)23-14-8-12(18)6-7-13(14)20-15(19)16(23)21-22;18-15-16-20-21(9-11-5-1-2-6-12(11)10-23)17(24)22(16)14-8-4-3-7-13(14)19-15/h3-10,12H,11H2,1-2H3,(H2,20,22);2-9H,10H2,1H3,(H2,19,21)(H,20,25);2-6H,7H2,1H3,(H2,21,22);2-8H,9H2,1H3,(H2,19,20);1-8,23H,9-10H2,(H2,18,19). The Morgan fingerprint density at radius 1 is 0.394 bits per heavy atom. The topological polar surface area (TPSA) is 456 Å². The summed E-state index contributed by atoms with van der Waals surface area (Å²) in [6.45, 7) is 5.50. The fraction of sp³-hybridized carbons (Fsp3) is 0.125. The van der Waals surface area contributed by atoms with Crippen molar-refractivity contribution in [2.24, 2.45) is 4.99 Å². The Morgan fingerprint density at radius 2 is 0.732 bits per heavy atom. The van der Waals surface area contributed by atoms with Crippen LogP contribution >= 0.6 is 0 Å². The number of fused-ring (bicyclic) bond motifs is 15. The summed E-state index contributed by atoms with van der Waals surface area (Å²) < 4.78 is 68.4. The number of aromatic nitrogens is 20. The lowest BCUT2D eigenvalue weighted by Crippen LogP contribution is -2.23. The van der Waals surface area contributed by atoms with Crippen LogP contribution in [0.15, 0.2) is 247 Å². The van der Waals surface area contributed by atoms with E-state index >= 15 is 0 Å². The zero-order valence-electron chi connectivity index (χ0n) is 68.2. The van der Waals surface area contributed by atoms with Crippen LogP contribution in [0.2, 0.25) is 0 Å².